The Balaban J connectivity index is 2.87. The first-order valence-corrected chi connectivity index (χ1v) is 6.30. The van der Waals surface area contributed by atoms with E-state index in [0.29, 0.717) is 6.54 Å². The second-order valence-corrected chi connectivity index (χ2v) is 5.11. The molecule has 0 saturated carbocycles. The van der Waals surface area contributed by atoms with Gasteiger partial charge < -0.3 is 10.6 Å². The van der Waals surface area contributed by atoms with Crippen molar-refractivity contribution in [3.05, 3.63) is 54.6 Å². The highest BCUT2D eigenvalue weighted by molar-refractivity contribution is 5.75. The zero-order chi connectivity index (χ0) is 14.5. The summed E-state index contributed by atoms with van der Waals surface area (Å²) in [5, 5.41) is 5.66. The van der Waals surface area contributed by atoms with Crippen LogP contribution in [0.25, 0.3) is 5.57 Å². The average molecular weight is 258 g/mol. The summed E-state index contributed by atoms with van der Waals surface area (Å²) in [5.41, 5.74) is 2.69. The van der Waals surface area contributed by atoms with Crippen LogP contribution < -0.4 is 10.6 Å². The van der Waals surface area contributed by atoms with E-state index in [1.54, 1.807) is 6.08 Å². The van der Waals surface area contributed by atoms with Crippen molar-refractivity contribution < 1.29 is 4.79 Å². The molecule has 0 unspecified atom stereocenters. The summed E-state index contributed by atoms with van der Waals surface area (Å²) in [5.74, 6) is 0. The van der Waals surface area contributed by atoms with Crippen LogP contribution in [0.15, 0.2) is 43.5 Å². The van der Waals surface area contributed by atoms with Crippen LogP contribution >= 0.6 is 0 Å². The van der Waals surface area contributed by atoms with Crippen molar-refractivity contribution in [1.82, 2.24) is 10.6 Å². The molecule has 1 aromatic rings. The lowest BCUT2D eigenvalue weighted by molar-refractivity contribution is 0.231. The van der Waals surface area contributed by atoms with Gasteiger partial charge in [0.05, 0.1) is 5.54 Å². The second kappa shape index (κ2) is 6.23. The Labute approximate surface area is 115 Å². The van der Waals surface area contributed by atoms with Crippen molar-refractivity contribution in [3.8, 4) is 0 Å². The van der Waals surface area contributed by atoms with E-state index in [0.717, 1.165) is 16.7 Å². The molecule has 0 aliphatic rings. The average Bonchev–Trinajstić information content (AvgIpc) is 2.36. The lowest BCUT2D eigenvalue weighted by atomic mass is 9.92. The molecular weight excluding hydrogens is 236 g/mol. The van der Waals surface area contributed by atoms with E-state index >= 15 is 0 Å². The van der Waals surface area contributed by atoms with Crippen LogP contribution in [-0.4, -0.2) is 12.6 Å². The molecular formula is C16H22N2O. The van der Waals surface area contributed by atoms with Gasteiger partial charge in [-0.1, -0.05) is 36.4 Å². The number of nitrogens with one attached hydrogen (secondary N) is 2. The molecule has 2 N–H and O–H groups in total. The Hall–Kier alpha value is -2.03. The minimum Gasteiger partial charge on any atom is -0.335 e. The standard InChI is InChI=1S/C16H22N2O/c1-6-10-17-15(19)18-16(4,5)14-9-7-8-13(11-14)12(2)3/h6-9,11H,1-2,10H2,3-5H3,(H2,17,18,19). The summed E-state index contributed by atoms with van der Waals surface area (Å²) in [4.78, 5) is 11.7. The van der Waals surface area contributed by atoms with E-state index in [1.165, 1.54) is 0 Å². The first-order chi connectivity index (χ1) is 8.86. The van der Waals surface area contributed by atoms with Crippen molar-refractivity contribution in [3.63, 3.8) is 0 Å². The fourth-order valence-electron chi connectivity index (χ4n) is 1.74. The molecule has 1 aromatic carbocycles. The quantitative estimate of drug-likeness (QED) is 0.780. The van der Waals surface area contributed by atoms with Crippen LogP contribution in [-0.2, 0) is 5.54 Å². The summed E-state index contributed by atoms with van der Waals surface area (Å²) in [7, 11) is 0. The van der Waals surface area contributed by atoms with Crippen molar-refractivity contribution in [1.29, 1.82) is 0 Å². The van der Waals surface area contributed by atoms with Gasteiger partial charge in [-0.3, -0.25) is 0 Å². The van der Waals surface area contributed by atoms with Crippen LogP contribution in [0.2, 0.25) is 0 Å². The van der Waals surface area contributed by atoms with Crippen molar-refractivity contribution in [2.45, 2.75) is 26.3 Å². The Morgan fingerprint density at radius 2 is 2.11 bits per heavy atom. The SMILES string of the molecule is C=CCNC(=O)NC(C)(C)c1cccc(C(=C)C)c1. The van der Waals surface area contributed by atoms with Crippen molar-refractivity contribution in [2.75, 3.05) is 6.54 Å². The number of carbonyl (C=O) groups excluding carboxylic acids is 1. The molecule has 0 saturated heterocycles. The fourth-order valence-corrected chi connectivity index (χ4v) is 1.74. The molecule has 0 spiro atoms. The maximum atomic E-state index is 11.7. The van der Waals surface area contributed by atoms with E-state index in [1.807, 2.05) is 39.0 Å². The molecule has 3 heteroatoms. The maximum absolute atomic E-state index is 11.7. The van der Waals surface area contributed by atoms with Gasteiger partial charge in [-0.05, 0) is 38.0 Å². The summed E-state index contributed by atoms with van der Waals surface area (Å²) in [6.07, 6.45) is 1.65. The third kappa shape index (κ3) is 4.28. The van der Waals surface area contributed by atoms with Crippen LogP contribution in [0.3, 0.4) is 0 Å². The van der Waals surface area contributed by atoms with Gasteiger partial charge in [0, 0.05) is 6.54 Å². The predicted molar refractivity (Wildman–Crippen MR) is 80.9 cm³/mol. The molecule has 0 aliphatic carbocycles. The number of hydrogen-bond donors (Lipinski definition) is 2. The first kappa shape index (κ1) is 15.0. The van der Waals surface area contributed by atoms with Crippen LogP contribution in [0, 0.1) is 0 Å². The van der Waals surface area contributed by atoms with Gasteiger partial charge >= 0.3 is 6.03 Å². The highest BCUT2D eigenvalue weighted by Gasteiger charge is 2.22. The van der Waals surface area contributed by atoms with Crippen LogP contribution in [0.1, 0.15) is 31.9 Å². The molecule has 0 atom stereocenters. The predicted octanol–water partition coefficient (Wildman–Crippen LogP) is 3.44. The molecule has 2 amide bonds. The molecule has 3 nitrogen and oxygen atoms in total. The summed E-state index contributed by atoms with van der Waals surface area (Å²) in [6.45, 7) is 13.9. The topological polar surface area (TPSA) is 41.1 Å². The molecule has 0 aromatic heterocycles. The van der Waals surface area contributed by atoms with E-state index < -0.39 is 5.54 Å². The molecule has 0 heterocycles. The number of carbonyl (C=O) groups is 1. The highest BCUT2D eigenvalue weighted by Crippen LogP contribution is 2.23. The third-order valence-electron chi connectivity index (χ3n) is 2.91. The van der Waals surface area contributed by atoms with Gasteiger partial charge in [-0.15, -0.1) is 6.58 Å². The number of urea groups is 1. The zero-order valence-electron chi connectivity index (χ0n) is 11.9. The Kier molecular flexibility index (Phi) is 4.93. The van der Waals surface area contributed by atoms with E-state index in [9.17, 15) is 4.79 Å². The lowest BCUT2D eigenvalue weighted by Crippen LogP contribution is -2.46. The van der Waals surface area contributed by atoms with Crippen LogP contribution in [0.5, 0.6) is 0 Å². The Morgan fingerprint density at radius 3 is 2.68 bits per heavy atom. The molecule has 0 bridgehead atoms. The molecule has 102 valence electrons. The summed E-state index contributed by atoms with van der Waals surface area (Å²) < 4.78 is 0. The molecule has 0 aliphatic heterocycles. The summed E-state index contributed by atoms with van der Waals surface area (Å²) >= 11 is 0. The molecule has 0 radical (unpaired) electrons. The van der Waals surface area contributed by atoms with Gasteiger partial charge in [0.25, 0.3) is 0 Å². The first-order valence-electron chi connectivity index (χ1n) is 6.30. The minimum absolute atomic E-state index is 0.203. The van der Waals surface area contributed by atoms with Gasteiger partial charge in [0.2, 0.25) is 0 Å². The zero-order valence-corrected chi connectivity index (χ0v) is 11.9. The normalized spacial score (nSPS) is 10.7. The smallest absolute Gasteiger partial charge is 0.315 e. The van der Waals surface area contributed by atoms with E-state index in [2.05, 4.69) is 29.9 Å². The van der Waals surface area contributed by atoms with E-state index in [-0.39, 0.29) is 6.03 Å². The number of allylic oxidation sites excluding steroid dienone is 1. The Morgan fingerprint density at radius 1 is 1.42 bits per heavy atom. The number of amides is 2. The van der Waals surface area contributed by atoms with Gasteiger partial charge in [0.1, 0.15) is 0 Å². The number of rotatable bonds is 5. The highest BCUT2D eigenvalue weighted by atomic mass is 16.2. The molecule has 0 fully saturated rings. The van der Waals surface area contributed by atoms with Gasteiger partial charge in [0.15, 0.2) is 0 Å². The maximum Gasteiger partial charge on any atom is 0.315 e. The van der Waals surface area contributed by atoms with Crippen molar-refractivity contribution >= 4 is 11.6 Å². The molecule has 1 rings (SSSR count). The lowest BCUT2D eigenvalue weighted by Gasteiger charge is -2.27. The fraction of sp³-hybridized carbons (Fsp3) is 0.312. The number of benzene rings is 1. The third-order valence-corrected chi connectivity index (χ3v) is 2.91. The van der Waals surface area contributed by atoms with Gasteiger partial charge in [-0.25, -0.2) is 4.79 Å². The largest absolute Gasteiger partial charge is 0.335 e. The van der Waals surface area contributed by atoms with Crippen molar-refractivity contribution in [2.24, 2.45) is 0 Å². The van der Waals surface area contributed by atoms with E-state index in [4.69, 9.17) is 0 Å². The van der Waals surface area contributed by atoms with Gasteiger partial charge in [-0.2, -0.15) is 0 Å². The molecule has 19 heavy (non-hydrogen) atoms. The number of hydrogen-bond acceptors (Lipinski definition) is 1. The van der Waals surface area contributed by atoms with Crippen LogP contribution in [0.4, 0.5) is 4.79 Å². The minimum atomic E-state index is -0.448. The Bertz CT molecular complexity index is 489. The second-order valence-electron chi connectivity index (χ2n) is 5.11. The monoisotopic (exact) mass is 258 g/mol. The summed E-state index contributed by atoms with van der Waals surface area (Å²) in [6, 6.07) is 7.84.